The maximum atomic E-state index is 13.9. The van der Waals surface area contributed by atoms with Gasteiger partial charge in [-0.15, -0.1) is 0 Å². The first-order valence-electron chi connectivity index (χ1n) is 18.5. The number of rotatable bonds is 9. The van der Waals surface area contributed by atoms with Crippen LogP contribution in [0.2, 0.25) is 0 Å². The molecule has 1 saturated carbocycles. The highest BCUT2D eigenvalue weighted by atomic mass is 19.3. The number of aryl methyl sites for hydroxylation is 2. The molecular weight excluding hydrogens is 698 g/mol. The molecule has 7 rings (SSSR count). The van der Waals surface area contributed by atoms with Crippen molar-refractivity contribution in [2.75, 3.05) is 31.6 Å². The molecule has 0 bridgehead atoms. The number of amides is 3. The molecule has 5 heterocycles. The van der Waals surface area contributed by atoms with Gasteiger partial charge in [-0.25, -0.2) is 18.6 Å². The molecule has 15 heteroatoms. The first-order chi connectivity index (χ1) is 26.0. The highest BCUT2D eigenvalue weighted by Crippen LogP contribution is 2.35. The second-order valence-corrected chi connectivity index (χ2v) is 14.5. The van der Waals surface area contributed by atoms with Crippen LogP contribution in [0.5, 0.6) is 0 Å². The van der Waals surface area contributed by atoms with Crippen LogP contribution in [0, 0.1) is 24.7 Å². The summed E-state index contributed by atoms with van der Waals surface area (Å²) in [5.74, 6) is 5.42. The van der Waals surface area contributed by atoms with Crippen molar-refractivity contribution in [3.63, 3.8) is 0 Å². The third-order valence-corrected chi connectivity index (χ3v) is 10.8. The molecule has 3 aliphatic rings. The molecule has 284 valence electrons. The number of hydrogen-bond acceptors (Lipinski definition) is 8. The molecule has 13 nitrogen and oxygen atoms in total. The summed E-state index contributed by atoms with van der Waals surface area (Å²) in [5, 5.41) is 9.12. The molecule has 1 aliphatic carbocycles. The molecule has 4 aromatic rings. The first-order valence-corrected chi connectivity index (χ1v) is 18.5. The summed E-state index contributed by atoms with van der Waals surface area (Å²) in [4.78, 5) is 56.8. The van der Waals surface area contributed by atoms with Gasteiger partial charge in [0.05, 0.1) is 34.4 Å². The van der Waals surface area contributed by atoms with E-state index in [-0.39, 0.29) is 54.6 Å². The molecule has 0 spiro atoms. The molecule has 0 radical (unpaired) electrons. The largest absolute Gasteiger partial charge is 0.365 e. The fourth-order valence-electron chi connectivity index (χ4n) is 7.98. The number of imide groups is 1. The fourth-order valence-corrected chi connectivity index (χ4v) is 7.98. The zero-order chi connectivity index (χ0) is 37.9. The monoisotopic (exact) mass is 742 g/mol. The van der Waals surface area contributed by atoms with Crippen molar-refractivity contribution in [3.05, 3.63) is 75.7 Å². The van der Waals surface area contributed by atoms with Crippen LogP contribution < -0.4 is 16.3 Å². The van der Waals surface area contributed by atoms with Crippen LogP contribution in [0.15, 0.2) is 47.4 Å². The Morgan fingerprint density at radius 3 is 2.52 bits per heavy atom. The second-order valence-electron chi connectivity index (χ2n) is 14.5. The van der Waals surface area contributed by atoms with Crippen LogP contribution in [0.25, 0.3) is 11.0 Å². The average Bonchev–Trinajstić information content (AvgIpc) is 3.69. The van der Waals surface area contributed by atoms with Crippen molar-refractivity contribution in [1.29, 1.82) is 0 Å². The van der Waals surface area contributed by atoms with Crippen molar-refractivity contribution in [2.45, 2.75) is 82.9 Å². The molecule has 2 N–H and O–H groups in total. The highest BCUT2D eigenvalue weighted by molar-refractivity contribution is 6.03. The molecule has 3 amide bonds. The van der Waals surface area contributed by atoms with Gasteiger partial charge in [0.15, 0.2) is 5.69 Å². The zero-order valence-corrected chi connectivity index (χ0v) is 30.4. The van der Waals surface area contributed by atoms with Crippen LogP contribution in [0.1, 0.15) is 97.3 Å². The number of nitrogens with one attached hydrogen (secondary N) is 2. The van der Waals surface area contributed by atoms with E-state index in [1.807, 2.05) is 6.07 Å². The van der Waals surface area contributed by atoms with E-state index in [1.54, 1.807) is 49.0 Å². The molecule has 3 fully saturated rings. The Bertz CT molecular complexity index is 2170. The number of imidazole rings is 1. The number of nitrogens with zero attached hydrogens (tertiary/aromatic N) is 6. The summed E-state index contributed by atoms with van der Waals surface area (Å²) in [7, 11) is 1.66. The number of piperidine rings is 2. The number of hydrogen-bond donors (Lipinski definition) is 2. The SMILES string of the molecule is Cc1cccc(C(=O)Nc2cn(C3CCC(CN4CCC(OCC#Cc5cccc6c5n(C)c(=O)n6C5CCC(=O)NC5=O)CC4)CC3)nc2C(F)F)n1. The summed E-state index contributed by atoms with van der Waals surface area (Å²) in [6.07, 6.45) is 4.61. The van der Waals surface area contributed by atoms with Crippen molar-refractivity contribution in [3.8, 4) is 11.8 Å². The van der Waals surface area contributed by atoms with Gasteiger partial charge in [0.1, 0.15) is 18.3 Å². The van der Waals surface area contributed by atoms with Gasteiger partial charge in [-0.3, -0.25) is 33.5 Å². The average molecular weight is 743 g/mol. The molecule has 2 aliphatic heterocycles. The number of alkyl halides is 2. The minimum atomic E-state index is -2.82. The lowest BCUT2D eigenvalue weighted by Gasteiger charge is -2.36. The van der Waals surface area contributed by atoms with Crippen LogP contribution >= 0.6 is 0 Å². The summed E-state index contributed by atoms with van der Waals surface area (Å²) in [6.45, 7) is 4.83. The number of ether oxygens (including phenoxy) is 1. The van der Waals surface area contributed by atoms with Gasteiger partial charge >= 0.3 is 5.69 Å². The number of aromatic nitrogens is 5. The van der Waals surface area contributed by atoms with E-state index in [9.17, 15) is 28.0 Å². The Kier molecular flexibility index (Phi) is 11.0. The van der Waals surface area contributed by atoms with E-state index < -0.39 is 30.0 Å². The van der Waals surface area contributed by atoms with E-state index >= 15 is 0 Å². The molecular formula is C39H44F2N8O5. The molecule has 54 heavy (non-hydrogen) atoms. The number of benzene rings is 1. The van der Waals surface area contributed by atoms with E-state index in [1.165, 1.54) is 15.3 Å². The molecule has 1 aromatic carbocycles. The van der Waals surface area contributed by atoms with E-state index in [0.29, 0.717) is 28.2 Å². The number of anilines is 1. The predicted octanol–water partition coefficient (Wildman–Crippen LogP) is 4.67. The van der Waals surface area contributed by atoms with Crippen molar-refractivity contribution in [1.82, 2.24) is 34.1 Å². The number of carbonyl (C=O) groups is 3. The van der Waals surface area contributed by atoms with E-state index in [0.717, 1.165) is 58.2 Å². The summed E-state index contributed by atoms with van der Waals surface area (Å²) in [6, 6.07) is 9.68. The van der Waals surface area contributed by atoms with Crippen molar-refractivity contribution in [2.24, 2.45) is 13.0 Å². The third-order valence-electron chi connectivity index (χ3n) is 10.8. The molecule has 3 aromatic heterocycles. The smallest absolute Gasteiger partial charge is 0.329 e. The number of pyridine rings is 1. The first kappa shape index (κ1) is 37.1. The minimum absolute atomic E-state index is 0.0103. The number of likely N-dealkylation sites (tertiary alicyclic amines) is 1. The molecule has 1 atom stereocenters. The summed E-state index contributed by atoms with van der Waals surface area (Å²) >= 11 is 0. The Morgan fingerprint density at radius 2 is 1.80 bits per heavy atom. The lowest BCUT2D eigenvalue weighted by atomic mass is 9.85. The lowest BCUT2D eigenvalue weighted by molar-refractivity contribution is -0.135. The van der Waals surface area contributed by atoms with Gasteiger partial charge < -0.3 is 15.0 Å². The van der Waals surface area contributed by atoms with Gasteiger partial charge in [-0.2, -0.15) is 5.10 Å². The zero-order valence-electron chi connectivity index (χ0n) is 30.4. The Hall–Kier alpha value is -5.20. The number of fused-ring (bicyclic) bond motifs is 1. The van der Waals surface area contributed by atoms with Gasteiger partial charge in [0, 0.05) is 45.0 Å². The number of carbonyl (C=O) groups excluding carboxylic acids is 3. The van der Waals surface area contributed by atoms with Gasteiger partial charge in [-0.05, 0) is 82.1 Å². The Balaban J connectivity index is 0.874. The van der Waals surface area contributed by atoms with Crippen LogP contribution in [-0.2, 0) is 21.4 Å². The number of halogens is 2. The quantitative estimate of drug-likeness (QED) is 0.186. The standard InChI is InChI=1S/C39H44F2N8O5/c1-24-6-3-9-29(42-24)37(51)43-30-23-48(45-34(30)36(40)41)27-13-11-25(12-14-27)22-47-19-17-28(18-20-47)54-21-5-8-26-7-4-10-31-35(26)46(2)39(53)49(31)32-15-16-33(50)44-38(32)52/h3-4,6-7,9-10,23,25,27-28,32,36H,11-22H2,1-2H3,(H,43,51)(H,44,50,52). The third kappa shape index (κ3) is 8.00. The minimum Gasteiger partial charge on any atom is -0.365 e. The normalized spacial score (nSPS) is 21.2. The second kappa shape index (κ2) is 16.0. The number of para-hydroxylation sites is 1. The summed E-state index contributed by atoms with van der Waals surface area (Å²) in [5.41, 5.74) is 1.97. The van der Waals surface area contributed by atoms with Crippen LogP contribution in [-0.4, -0.2) is 78.9 Å². The van der Waals surface area contributed by atoms with E-state index in [4.69, 9.17) is 4.74 Å². The van der Waals surface area contributed by atoms with Gasteiger partial charge in [0.2, 0.25) is 11.8 Å². The predicted molar refractivity (Wildman–Crippen MR) is 196 cm³/mol. The van der Waals surface area contributed by atoms with Gasteiger partial charge in [0.25, 0.3) is 12.3 Å². The Morgan fingerprint density at radius 1 is 1.04 bits per heavy atom. The van der Waals surface area contributed by atoms with Gasteiger partial charge in [-0.1, -0.05) is 24.0 Å². The van der Waals surface area contributed by atoms with Crippen molar-refractivity contribution < 1.29 is 27.9 Å². The van der Waals surface area contributed by atoms with Crippen LogP contribution in [0.4, 0.5) is 14.5 Å². The summed E-state index contributed by atoms with van der Waals surface area (Å²) < 4.78 is 38.5. The van der Waals surface area contributed by atoms with Crippen LogP contribution in [0.3, 0.4) is 0 Å². The fraction of sp³-hybridized carbons (Fsp3) is 0.487. The van der Waals surface area contributed by atoms with E-state index in [2.05, 4.69) is 37.5 Å². The molecule has 1 unspecified atom stereocenters. The maximum Gasteiger partial charge on any atom is 0.329 e. The Labute approximate surface area is 311 Å². The van der Waals surface area contributed by atoms with Crippen molar-refractivity contribution >= 4 is 34.4 Å². The topological polar surface area (TPSA) is 145 Å². The molecule has 2 saturated heterocycles. The maximum absolute atomic E-state index is 13.9. The lowest BCUT2D eigenvalue weighted by Crippen LogP contribution is -2.44. The highest BCUT2D eigenvalue weighted by Gasteiger charge is 2.32.